The molecular weight excluding hydrogens is 368 g/mol. The summed E-state index contributed by atoms with van der Waals surface area (Å²) in [7, 11) is 0. The van der Waals surface area contributed by atoms with Gasteiger partial charge < -0.3 is 19.1 Å². The Morgan fingerprint density at radius 3 is 2.22 bits per heavy atom. The van der Waals surface area contributed by atoms with Crippen LogP contribution in [0.5, 0.6) is 0 Å². The van der Waals surface area contributed by atoms with Crippen LogP contribution in [-0.2, 0) is 3.83 Å². The van der Waals surface area contributed by atoms with Gasteiger partial charge in [0.15, 0.2) is 16.3 Å². The smallest absolute Gasteiger partial charge is 0.178 e. The highest BCUT2D eigenvalue weighted by atomic mass is 79.9. The van der Waals surface area contributed by atoms with Gasteiger partial charge in [0.05, 0.1) is 13.2 Å². The van der Waals surface area contributed by atoms with Crippen LogP contribution in [0.4, 0.5) is 0 Å². The van der Waals surface area contributed by atoms with Crippen molar-refractivity contribution < 1.29 is 19.1 Å². The lowest BCUT2D eigenvalue weighted by Crippen LogP contribution is -2.40. The van der Waals surface area contributed by atoms with Gasteiger partial charge in [-0.15, -0.1) is 0 Å². The SMILES string of the molecule is OCC(CO)(C(=Cc1ccccc1)OBr)C(O)Br. The number of hydrogen-bond donors (Lipinski definition) is 3. The summed E-state index contributed by atoms with van der Waals surface area (Å²) in [6.45, 7) is -0.944. The molecule has 0 aliphatic heterocycles. The Hall–Kier alpha value is -0.400. The van der Waals surface area contributed by atoms with Crippen LogP contribution in [0.3, 0.4) is 0 Å². The van der Waals surface area contributed by atoms with Crippen LogP contribution in [0, 0.1) is 5.41 Å². The van der Waals surface area contributed by atoms with E-state index in [1.165, 1.54) is 0 Å². The first-order chi connectivity index (χ1) is 8.60. The maximum atomic E-state index is 9.70. The first-order valence-corrected chi connectivity index (χ1v) is 6.76. The molecule has 0 spiro atoms. The largest absolute Gasteiger partial charge is 0.422 e. The van der Waals surface area contributed by atoms with Gasteiger partial charge in [-0.1, -0.05) is 46.3 Å². The van der Waals surface area contributed by atoms with Gasteiger partial charge in [0.2, 0.25) is 0 Å². The van der Waals surface area contributed by atoms with Crippen molar-refractivity contribution in [2.45, 2.75) is 5.01 Å². The van der Waals surface area contributed by atoms with E-state index in [2.05, 4.69) is 32.2 Å². The Morgan fingerprint density at radius 2 is 1.83 bits per heavy atom. The van der Waals surface area contributed by atoms with Crippen molar-refractivity contribution in [1.29, 1.82) is 0 Å². The minimum atomic E-state index is -1.32. The van der Waals surface area contributed by atoms with Crippen LogP contribution in [0.25, 0.3) is 6.08 Å². The highest BCUT2D eigenvalue weighted by Gasteiger charge is 2.41. The molecule has 100 valence electrons. The van der Waals surface area contributed by atoms with Crippen molar-refractivity contribution in [2.24, 2.45) is 5.41 Å². The zero-order valence-corrected chi connectivity index (χ0v) is 12.6. The molecule has 0 bridgehead atoms. The minimum absolute atomic E-state index is 0.225. The van der Waals surface area contributed by atoms with Gasteiger partial charge in [0.1, 0.15) is 16.2 Å². The van der Waals surface area contributed by atoms with E-state index in [4.69, 9.17) is 3.83 Å². The lowest BCUT2D eigenvalue weighted by molar-refractivity contribution is 0.000935. The number of aliphatic hydroxyl groups is 3. The van der Waals surface area contributed by atoms with Crippen molar-refractivity contribution in [2.75, 3.05) is 13.2 Å². The van der Waals surface area contributed by atoms with Gasteiger partial charge in [-0.2, -0.15) is 0 Å². The summed E-state index contributed by atoms with van der Waals surface area (Å²) in [6.07, 6.45) is 1.63. The molecule has 1 atom stereocenters. The highest BCUT2D eigenvalue weighted by molar-refractivity contribution is 9.09. The van der Waals surface area contributed by atoms with Gasteiger partial charge >= 0.3 is 0 Å². The van der Waals surface area contributed by atoms with E-state index < -0.39 is 23.6 Å². The van der Waals surface area contributed by atoms with E-state index in [9.17, 15) is 15.3 Å². The van der Waals surface area contributed by atoms with Crippen molar-refractivity contribution in [3.8, 4) is 0 Å². The molecule has 0 amide bonds. The number of alkyl halides is 1. The molecule has 3 N–H and O–H groups in total. The second kappa shape index (κ2) is 7.25. The van der Waals surface area contributed by atoms with Crippen LogP contribution >= 0.6 is 32.2 Å². The molecule has 0 aliphatic carbocycles. The van der Waals surface area contributed by atoms with Gasteiger partial charge in [-0.25, -0.2) is 0 Å². The quantitative estimate of drug-likeness (QED) is 0.521. The molecule has 4 nitrogen and oxygen atoms in total. The Labute approximate surface area is 122 Å². The molecule has 0 saturated carbocycles. The maximum absolute atomic E-state index is 9.70. The van der Waals surface area contributed by atoms with E-state index in [0.29, 0.717) is 0 Å². The summed E-state index contributed by atoms with van der Waals surface area (Å²) in [6, 6.07) is 9.25. The summed E-state index contributed by atoms with van der Waals surface area (Å²) < 4.78 is 5.03. The van der Waals surface area contributed by atoms with Gasteiger partial charge in [0, 0.05) is 0 Å². The number of benzene rings is 1. The first kappa shape index (κ1) is 15.7. The normalized spacial score (nSPS) is 14.4. The van der Waals surface area contributed by atoms with Crippen LogP contribution in [-0.4, -0.2) is 33.5 Å². The lowest BCUT2D eigenvalue weighted by atomic mass is 9.87. The summed E-state index contributed by atoms with van der Waals surface area (Å²) >= 11 is 5.80. The van der Waals surface area contributed by atoms with Crippen LogP contribution in [0.15, 0.2) is 36.1 Å². The van der Waals surface area contributed by atoms with Crippen molar-refractivity contribution in [1.82, 2.24) is 0 Å². The van der Waals surface area contributed by atoms with Crippen LogP contribution in [0.2, 0.25) is 0 Å². The number of rotatable bonds is 6. The molecule has 0 heterocycles. The zero-order valence-electron chi connectivity index (χ0n) is 9.46. The Morgan fingerprint density at radius 1 is 1.28 bits per heavy atom. The molecule has 6 heteroatoms. The van der Waals surface area contributed by atoms with Gasteiger partial charge in [-0.05, 0) is 11.6 Å². The predicted molar refractivity (Wildman–Crippen MR) is 76.0 cm³/mol. The summed E-state index contributed by atoms with van der Waals surface area (Å²) in [5.74, 6) is 0.225. The standard InChI is InChI=1S/C12H14Br2O4/c13-11(17)12(7-15,8-16)10(18-14)6-9-4-2-1-3-5-9/h1-6,11,15-17H,7-8H2. The molecule has 0 aromatic heterocycles. The van der Waals surface area contributed by atoms with Crippen LogP contribution in [0.1, 0.15) is 5.56 Å². The van der Waals surface area contributed by atoms with E-state index in [1.54, 1.807) is 6.08 Å². The average Bonchev–Trinajstić information content (AvgIpc) is 2.40. The Kier molecular flexibility index (Phi) is 6.31. The molecular formula is C12H14Br2O4. The summed E-state index contributed by atoms with van der Waals surface area (Å²) in [5.41, 5.74) is -0.495. The van der Waals surface area contributed by atoms with E-state index in [1.807, 2.05) is 30.3 Å². The fraction of sp³-hybridized carbons (Fsp3) is 0.333. The Bertz CT molecular complexity index is 388. The second-order valence-electron chi connectivity index (χ2n) is 3.80. The van der Waals surface area contributed by atoms with Crippen molar-refractivity contribution in [3.63, 3.8) is 0 Å². The van der Waals surface area contributed by atoms with Crippen LogP contribution < -0.4 is 0 Å². The first-order valence-electron chi connectivity index (χ1n) is 5.20. The molecule has 0 saturated heterocycles. The fourth-order valence-electron chi connectivity index (χ4n) is 1.42. The molecule has 0 fully saturated rings. The zero-order chi connectivity index (χ0) is 13.6. The van der Waals surface area contributed by atoms with Crippen molar-refractivity contribution in [3.05, 3.63) is 41.7 Å². The minimum Gasteiger partial charge on any atom is -0.422 e. The number of hydrogen-bond acceptors (Lipinski definition) is 4. The molecule has 0 radical (unpaired) electrons. The monoisotopic (exact) mass is 380 g/mol. The molecule has 1 rings (SSSR count). The Balaban J connectivity index is 3.18. The highest BCUT2D eigenvalue weighted by Crippen LogP contribution is 2.36. The summed E-state index contributed by atoms with van der Waals surface area (Å²) in [5, 5.41) is 27.4. The predicted octanol–water partition coefficient (Wildman–Crippen LogP) is 2.04. The third kappa shape index (κ3) is 3.33. The summed E-state index contributed by atoms with van der Waals surface area (Å²) in [4.78, 5) is 0. The topological polar surface area (TPSA) is 69.9 Å². The fourth-order valence-corrected chi connectivity index (χ4v) is 2.35. The van der Waals surface area contributed by atoms with E-state index in [0.717, 1.165) is 5.56 Å². The van der Waals surface area contributed by atoms with E-state index in [-0.39, 0.29) is 5.76 Å². The maximum Gasteiger partial charge on any atom is 0.178 e. The third-order valence-corrected chi connectivity index (χ3v) is 3.92. The number of halogens is 2. The molecule has 0 aliphatic rings. The third-order valence-electron chi connectivity index (χ3n) is 2.69. The molecule has 1 unspecified atom stereocenters. The second-order valence-corrected chi connectivity index (χ2v) is 5.00. The van der Waals surface area contributed by atoms with E-state index >= 15 is 0 Å². The number of aliphatic hydroxyl groups excluding tert-OH is 3. The molecule has 1 aromatic carbocycles. The molecule has 18 heavy (non-hydrogen) atoms. The van der Waals surface area contributed by atoms with Gasteiger partial charge in [0.25, 0.3) is 0 Å². The van der Waals surface area contributed by atoms with Crippen molar-refractivity contribution >= 4 is 38.3 Å². The van der Waals surface area contributed by atoms with Gasteiger partial charge in [-0.3, -0.25) is 0 Å². The molecule has 1 aromatic rings. The lowest BCUT2D eigenvalue weighted by Gasteiger charge is -2.32. The average molecular weight is 382 g/mol.